The average Bonchev–Trinajstić information content (AvgIpc) is 3.48. The van der Waals surface area contributed by atoms with E-state index in [-0.39, 0.29) is 17.1 Å². The summed E-state index contributed by atoms with van der Waals surface area (Å²) in [6.45, 7) is 3.71. The van der Waals surface area contributed by atoms with Gasteiger partial charge in [0.05, 0.1) is 0 Å². The minimum atomic E-state index is -0.938. The molecule has 0 N–H and O–H groups in total. The number of fused-ring (bicyclic) bond motifs is 1. The third kappa shape index (κ3) is 4.55. The highest BCUT2D eigenvalue weighted by Crippen LogP contribution is 2.44. The standard InChI is InChI=1S/C29H27F2O3S/c1-19-15-23(35-14-11-21-7-3-4-8-26(21)35)16-20(2)28(19)33-18-27(32)34-29(12-5-6-13-29)22-9-10-24(30)25(31)17-22/h3-4,7-11,14-17H,5-6,12-13,18H2,1-2H3/q+1. The van der Waals surface area contributed by atoms with Crippen molar-refractivity contribution in [1.29, 1.82) is 0 Å². The molecule has 35 heavy (non-hydrogen) atoms. The molecule has 0 aliphatic heterocycles. The molecule has 1 saturated carbocycles. The van der Waals surface area contributed by atoms with Gasteiger partial charge in [-0.25, -0.2) is 13.6 Å². The number of halogens is 2. The van der Waals surface area contributed by atoms with Crippen molar-refractivity contribution in [3.8, 4) is 10.6 Å². The zero-order chi connectivity index (χ0) is 24.6. The Morgan fingerprint density at radius 2 is 1.66 bits per heavy atom. The predicted molar refractivity (Wildman–Crippen MR) is 135 cm³/mol. The number of hydrogen-bond acceptors (Lipinski definition) is 3. The van der Waals surface area contributed by atoms with Crippen molar-refractivity contribution < 1.29 is 23.0 Å². The second-order valence-electron chi connectivity index (χ2n) is 9.16. The summed E-state index contributed by atoms with van der Waals surface area (Å²) in [4.78, 5) is 14.0. The van der Waals surface area contributed by atoms with E-state index in [1.807, 2.05) is 19.9 Å². The van der Waals surface area contributed by atoms with E-state index in [0.717, 1.165) is 36.1 Å². The summed E-state index contributed by atoms with van der Waals surface area (Å²) >= 11 is 0. The summed E-state index contributed by atoms with van der Waals surface area (Å²) in [6, 6.07) is 18.5. The molecule has 1 aliphatic carbocycles. The van der Waals surface area contributed by atoms with Gasteiger partial charge < -0.3 is 9.47 Å². The summed E-state index contributed by atoms with van der Waals surface area (Å²) in [5, 5.41) is 3.48. The molecule has 1 unspecified atom stereocenters. The Hall–Kier alpha value is -3.25. The number of carbonyl (C=O) groups is 1. The van der Waals surface area contributed by atoms with Crippen LogP contribution in [-0.2, 0) is 15.1 Å². The number of aryl methyl sites for hydroxylation is 2. The highest BCUT2D eigenvalue weighted by molar-refractivity contribution is 7.43. The Labute approximate surface area is 206 Å². The number of rotatable bonds is 6. The Balaban J connectivity index is 1.32. The maximum Gasteiger partial charge on any atom is 0.345 e. The third-order valence-corrected chi connectivity index (χ3v) is 8.73. The highest BCUT2D eigenvalue weighted by atomic mass is 32.2. The van der Waals surface area contributed by atoms with Crippen LogP contribution in [0.25, 0.3) is 15.0 Å². The van der Waals surface area contributed by atoms with Gasteiger partial charge >= 0.3 is 5.97 Å². The van der Waals surface area contributed by atoms with E-state index >= 15 is 0 Å². The third-order valence-electron chi connectivity index (χ3n) is 6.73. The topological polar surface area (TPSA) is 35.5 Å². The Morgan fingerprint density at radius 1 is 0.943 bits per heavy atom. The van der Waals surface area contributed by atoms with Crippen molar-refractivity contribution in [3.63, 3.8) is 0 Å². The summed E-state index contributed by atoms with van der Waals surface area (Å²) in [5.41, 5.74) is 1.46. The van der Waals surface area contributed by atoms with E-state index in [2.05, 4.69) is 41.8 Å². The molecule has 1 fully saturated rings. The van der Waals surface area contributed by atoms with Gasteiger partial charge in [-0.05, 0) is 80.5 Å². The van der Waals surface area contributed by atoms with E-state index < -0.39 is 23.2 Å². The second-order valence-corrected chi connectivity index (χ2v) is 11.0. The summed E-state index contributed by atoms with van der Waals surface area (Å²) in [7, 11) is -0.126. The van der Waals surface area contributed by atoms with Gasteiger partial charge in [0.15, 0.2) is 27.8 Å². The molecule has 5 rings (SSSR count). The van der Waals surface area contributed by atoms with E-state index in [1.165, 1.54) is 21.0 Å². The molecule has 1 aliphatic rings. The molecule has 0 radical (unpaired) electrons. The van der Waals surface area contributed by atoms with E-state index in [0.29, 0.717) is 24.2 Å². The Kier molecular flexibility index (Phi) is 6.32. The normalized spacial score (nSPS) is 15.4. The number of thiophene rings is 1. The van der Waals surface area contributed by atoms with Gasteiger partial charge in [-0.1, -0.05) is 18.2 Å². The number of hydrogen-bond donors (Lipinski definition) is 0. The van der Waals surface area contributed by atoms with Crippen LogP contribution < -0.4 is 4.74 Å². The van der Waals surface area contributed by atoms with E-state index in [4.69, 9.17) is 9.47 Å². The van der Waals surface area contributed by atoms with Gasteiger partial charge in [-0.15, -0.1) is 0 Å². The zero-order valence-corrected chi connectivity index (χ0v) is 20.6. The van der Waals surface area contributed by atoms with Gasteiger partial charge in [0, 0.05) is 34.1 Å². The van der Waals surface area contributed by atoms with E-state index in [9.17, 15) is 13.6 Å². The average molecular weight is 494 g/mol. The predicted octanol–water partition coefficient (Wildman–Crippen LogP) is 7.86. The van der Waals surface area contributed by atoms with Crippen molar-refractivity contribution in [3.05, 3.63) is 94.4 Å². The molecule has 3 aromatic carbocycles. The minimum Gasteiger partial charge on any atom is -0.481 e. The fraction of sp³-hybridized carbons (Fsp3) is 0.276. The summed E-state index contributed by atoms with van der Waals surface area (Å²) in [6.07, 6.45) is 2.86. The van der Waals surface area contributed by atoms with Gasteiger partial charge in [-0.3, -0.25) is 0 Å². The summed E-state index contributed by atoms with van der Waals surface area (Å²) in [5.74, 6) is -1.70. The molecule has 0 spiro atoms. The fourth-order valence-corrected chi connectivity index (χ4v) is 7.12. The maximum absolute atomic E-state index is 13.9. The van der Waals surface area contributed by atoms with Gasteiger partial charge in [0.25, 0.3) is 0 Å². The number of esters is 1. The molecular weight excluding hydrogens is 466 g/mol. The molecule has 4 aromatic rings. The van der Waals surface area contributed by atoms with Crippen molar-refractivity contribution in [2.75, 3.05) is 6.61 Å². The Bertz CT molecular complexity index is 1380. The molecule has 6 heteroatoms. The number of ether oxygens (including phenoxy) is 2. The van der Waals surface area contributed by atoms with Crippen molar-refractivity contribution >= 4 is 26.5 Å². The van der Waals surface area contributed by atoms with E-state index in [1.54, 1.807) is 0 Å². The zero-order valence-electron chi connectivity index (χ0n) is 19.8. The quantitative estimate of drug-likeness (QED) is 0.203. The Morgan fingerprint density at radius 3 is 2.37 bits per heavy atom. The second kappa shape index (κ2) is 9.42. The minimum absolute atomic E-state index is 0.126. The molecule has 3 nitrogen and oxygen atoms in total. The van der Waals surface area contributed by atoms with Crippen molar-refractivity contribution in [2.24, 2.45) is 0 Å². The fourth-order valence-electron chi connectivity index (χ4n) is 5.06. The maximum atomic E-state index is 13.9. The lowest BCUT2D eigenvalue weighted by Crippen LogP contribution is -2.32. The SMILES string of the molecule is Cc1cc(-[s+]2ccc3ccccc32)cc(C)c1OCC(=O)OC1(c2ccc(F)c(F)c2)CCCC1. The van der Waals surface area contributed by atoms with Crippen molar-refractivity contribution in [1.82, 2.24) is 0 Å². The first-order valence-electron chi connectivity index (χ1n) is 11.8. The van der Waals surface area contributed by atoms with Gasteiger partial charge in [0.2, 0.25) is 0 Å². The molecule has 0 saturated heterocycles. The summed E-state index contributed by atoms with van der Waals surface area (Å²) < 4.78 is 40.4. The van der Waals surface area contributed by atoms with Crippen LogP contribution in [0.5, 0.6) is 5.75 Å². The molecule has 1 aromatic heterocycles. The van der Waals surface area contributed by atoms with Crippen LogP contribution in [0.4, 0.5) is 8.78 Å². The number of carbonyl (C=O) groups excluding carboxylic acids is 1. The van der Waals surface area contributed by atoms with Crippen LogP contribution in [-0.4, -0.2) is 12.6 Å². The molecule has 180 valence electrons. The highest BCUT2D eigenvalue weighted by Gasteiger charge is 2.40. The molecule has 1 atom stereocenters. The van der Waals surface area contributed by atoms with Crippen LogP contribution in [0, 0.1) is 25.5 Å². The first-order valence-corrected chi connectivity index (χ1v) is 13.1. The first kappa shape index (κ1) is 23.5. The molecular formula is C29H27F2O3S+. The molecule has 1 heterocycles. The first-order chi connectivity index (χ1) is 16.9. The van der Waals surface area contributed by atoms with Gasteiger partial charge in [-0.2, -0.15) is 0 Å². The van der Waals surface area contributed by atoms with Crippen LogP contribution in [0.1, 0.15) is 42.4 Å². The van der Waals surface area contributed by atoms with Crippen LogP contribution in [0.3, 0.4) is 0 Å². The largest absolute Gasteiger partial charge is 0.481 e. The van der Waals surface area contributed by atoms with Gasteiger partial charge in [0.1, 0.15) is 16.7 Å². The molecule has 0 amide bonds. The smallest absolute Gasteiger partial charge is 0.345 e. The van der Waals surface area contributed by atoms with Crippen LogP contribution >= 0.6 is 10.5 Å². The van der Waals surface area contributed by atoms with Crippen LogP contribution in [0.2, 0.25) is 0 Å². The van der Waals surface area contributed by atoms with Crippen molar-refractivity contribution in [2.45, 2.75) is 45.1 Å². The molecule has 0 bridgehead atoms. The van der Waals surface area contributed by atoms with Crippen LogP contribution in [0.15, 0.2) is 66.0 Å². The monoisotopic (exact) mass is 493 g/mol. The lowest BCUT2D eigenvalue weighted by molar-refractivity contribution is -0.163. The lowest BCUT2D eigenvalue weighted by Gasteiger charge is -2.30. The number of benzene rings is 3. The lowest BCUT2D eigenvalue weighted by atomic mass is 9.91.